The van der Waals surface area contributed by atoms with Gasteiger partial charge in [0.2, 0.25) is 5.91 Å². The standard InChI is InChI=1S/C23H27F3N4O4/c24-23(25,26)34-18-5-6-20(27)19(11-18)22(33)29-13-21(32)28-12-15-7-9-30(10-8-15)14-16-1-3-17(31)4-2-16/h1-6,11,15,31H,7-10,12-14,27H2,(H,28,32)(H,29,33). The molecule has 0 bridgehead atoms. The third-order valence-corrected chi connectivity index (χ3v) is 5.55. The predicted octanol–water partition coefficient (Wildman–Crippen LogP) is 2.63. The van der Waals surface area contributed by atoms with Crippen LogP contribution in [0.15, 0.2) is 42.5 Å². The first-order chi connectivity index (χ1) is 16.1. The van der Waals surface area contributed by atoms with Crippen molar-refractivity contribution in [3.05, 3.63) is 53.6 Å². The van der Waals surface area contributed by atoms with Crippen molar-refractivity contribution >= 4 is 17.5 Å². The number of hydrogen-bond acceptors (Lipinski definition) is 6. The lowest BCUT2D eigenvalue weighted by molar-refractivity contribution is -0.274. The number of nitrogens with one attached hydrogen (secondary N) is 2. The number of aromatic hydroxyl groups is 1. The van der Waals surface area contributed by atoms with Crippen LogP contribution in [0.1, 0.15) is 28.8 Å². The number of anilines is 1. The fourth-order valence-electron chi connectivity index (χ4n) is 3.71. The summed E-state index contributed by atoms with van der Waals surface area (Å²) in [6.07, 6.45) is -3.08. The molecule has 5 N–H and O–H groups in total. The number of benzene rings is 2. The number of carbonyl (C=O) groups excluding carboxylic acids is 2. The molecule has 0 aromatic heterocycles. The van der Waals surface area contributed by atoms with E-state index >= 15 is 0 Å². The van der Waals surface area contributed by atoms with E-state index in [1.165, 1.54) is 0 Å². The van der Waals surface area contributed by atoms with Crippen LogP contribution in [0, 0.1) is 5.92 Å². The van der Waals surface area contributed by atoms with Crippen molar-refractivity contribution in [1.29, 1.82) is 0 Å². The number of alkyl halides is 3. The minimum absolute atomic E-state index is 0.0357. The fraction of sp³-hybridized carbons (Fsp3) is 0.391. The summed E-state index contributed by atoms with van der Waals surface area (Å²) in [4.78, 5) is 26.7. The zero-order chi connectivity index (χ0) is 24.7. The zero-order valence-corrected chi connectivity index (χ0v) is 18.4. The number of halogens is 3. The van der Waals surface area contributed by atoms with E-state index in [1.54, 1.807) is 12.1 Å². The second-order valence-corrected chi connectivity index (χ2v) is 8.17. The summed E-state index contributed by atoms with van der Waals surface area (Å²) in [5.74, 6) is -1.21. The molecule has 1 saturated heterocycles. The molecule has 0 atom stereocenters. The summed E-state index contributed by atoms with van der Waals surface area (Å²) in [5, 5.41) is 14.5. The van der Waals surface area contributed by atoms with Crippen LogP contribution in [0.4, 0.5) is 18.9 Å². The van der Waals surface area contributed by atoms with Gasteiger partial charge in [0.1, 0.15) is 11.5 Å². The van der Waals surface area contributed by atoms with E-state index < -0.39 is 23.9 Å². The van der Waals surface area contributed by atoms with Gasteiger partial charge in [0.25, 0.3) is 5.91 Å². The molecular weight excluding hydrogens is 453 g/mol. The highest BCUT2D eigenvalue weighted by Crippen LogP contribution is 2.26. The molecule has 0 aliphatic carbocycles. The van der Waals surface area contributed by atoms with E-state index in [2.05, 4.69) is 20.3 Å². The average molecular weight is 480 g/mol. The van der Waals surface area contributed by atoms with Gasteiger partial charge < -0.3 is 26.2 Å². The summed E-state index contributed by atoms with van der Waals surface area (Å²) in [7, 11) is 0. The minimum atomic E-state index is -4.90. The molecule has 2 aromatic rings. The molecule has 0 spiro atoms. The van der Waals surface area contributed by atoms with Gasteiger partial charge in [-0.1, -0.05) is 12.1 Å². The number of nitrogens with zero attached hydrogens (tertiary/aromatic N) is 1. The third-order valence-electron chi connectivity index (χ3n) is 5.55. The van der Waals surface area contributed by atoms with E-state index in [1.807, 2.05) is 12.1 Å². The van der Waals surface area contributed by atoms with Crippen LogP contribution in [0.5, 0.6) is 11.5 Å². The van der Waals surface area contributed by atoms with Crippen LogP contribution >= 0.6 is 0 Å². The van der Waals surface area contributed by atoms with Crippen molar-refractivity contribution in [1.82, 2.24) is 15.5 Å². The molecule has 2 aromatic carbocycles. The Balaban J connectivity index is 1.38. The molecular formula is C23H27F3N4O4. The largest absolute Gasteiger partial charge is 0.573 e. The first-order valence-corrected chi connectivity index (χ1v) is 10.8. The number of likely N-dealkylation sites (tertiary alicyclic amines) is 1. The maximum absolute atomic E-state index is 12.4. The van der Waals surface area contributed by atoms with Crippen molar-refractivity contribution in [2.45, 2.75) is 25.7 Å². The van der Waals surface area contributed by atoms with Gasteiger partial charge >= 0.3 is 6.36 Å². The Morgan fingerprint density at radius 1 is 1.09 bits per heavy atom. The normalized spacial score (nSPS) is 15.0. The molecule has 3 rings (SSSR count). The lowest BCUT2D eigenvalue weighted by Crippen LogP contribution is -2.41. The zero-order valence-electron chi connectivity index (χ0n) is 18.4. The fourth-order valence-corrected chi connectivity index (χ4v) is 3.71. The van der Waals surface area contributed by atoms with Gasteiger partial charge in [-0.2, -0.15) is 0 Å². The molecule has 1 fully saturated rings. The molecule has 1 aliphatic heterocycles. The molecule has 11 heteroatoms. The number of rotatable bonds is 8. The molecule has 8 nitrogen and oxygen atoms in total. The monoisotopic (exact) mass is 480 g/mol. The van der Waals surface area contributed by atoms with Gasteiger partial charge in [0.05, 0.1) is 12.1 Å². The van der Waals surface area contributed by atoms with Gasteiger partial charge in [-0.15, -0.1) is 13.2 Å². The van der Waals surface area contributed by atoms with Crippen LogP contribution in [0.3, 0.4) is 0 Å². The van der Waals surface area contributed by atoms with Crippen molar-refractivity contribution in [2.24, 2.45) is 5.92 Å². The third kappa shape index (κ3) is 7.84. The van der Waals surface area contributed by atoms with Crippen LogP contribution in [-0.4, -0.2) is 54.4 Å². The summed E-state index contributed by atoms with van der Waals surface area (Å²) < 4.78 is 40.9. The summed E-state index contributed by atoms with van der Waals surface area (Å²) in [5.41, 5.74) is 6.54. The second-order valence-electron chi connectivity index (χ2n) is 8.17. The summed E-state index contributed by atoms with van der Waals surface area (Å²) >= 11 is 0. The highest BCUT2D eigenvalue weighted by Gasteiger charge is 2.31. The smallest absolute Gasteiger partial charge is 0.508 e. The second kappa shape index (κ2) is 11.1. The average Bonchev–Trinajstić information content (AvgIpc) is 2.79. The first-order valence-electron chi connectivity index (χ1n) is 10.8. The molecule has 34 heavy (non-hydrogen) atoms. The lowest BCUT2D eigenvalue weighted by Gasteiger charge is -2.32. The lowest BCUT2D eigenvalue weighted by atomic mass is 9.96. The number of nitrogens with two attached hydrogens (primary N) is 1. The van der Waals surface area contributed by atoms with Crippen molar-refractivity contribution in [3.8, 4) is 11.5 Å². The van der Waals surface area contributed by atoms with Crippen LogP contribution < -0.4 is 21.1 Å². The Morgan fingerprint density at radius 3 is 2.41 bits per heavy atom. The first kappa shape index (κ1) is 25.2. The Labute approximate surface area is 194 Å². The summed E-state index contributed by atoms with van der Waals surface area (Å²) in [6, 6.07) is 10.1. The van der Waals surface area contributed by atoms with Crippen LogP contribution in [0.2, 0.25) is 0 Å². The molecule has 1 aliphatic rings. The van der Waals surface area contributed by atoms with Crippen molar-refractivity contribution in [3.63, 3.8) is 0 Å². The Bertz CT molecular complexity index is 991. The van der Waals surface area contributed by atoms with Crippen molar-refractivity contribution in [2.75, 3.05) is 31.9 Å². The quantitative estimate of drug-likeness (QED) is 0.432. The van der Waals surface area contributed by atoms with E-state index in [4.69, 9.17) is 5.73 Å². The number of phenols is 1. The van der Waals surface area contributed by atoms with Crippen LogP contribution in [0.25, 0.3) is 0 Å². The van der Waals surface area contributed by atoms with E-state index in [-0.39, 0.29) is 23.5 Å². The molecule has 1 heterocycles. The Morgan fingerprint density at radius 2 is 1.76 bits per heavy atom. The van der Waals surface area contributed by atoms with E-state index in [0.717, 1.165) is 56.2 Å². The number of amides is 2. The minimum Gasteiger partial charge on any atom is -0.508 e. The van der Waals surface area contributed by atoms with Gasteiger partial charge in [-0.05, 0) is 67.7 Å². The van der Waals surface area contributed by atoms with Crippen molar-refractivity contribution < 1.29 is 32.6 Å². The highest BCUT2D eigenvalue weighted by molar-refractivity contribution is 6.01. The Hall–Kier alpha value is -3.47. The number of nitrogen functional groups attached to an aromatic ring is 1. The number of piperidine rings is 1. The maximum atomic E-state index is 12.4. The molecule has 2 amide bonds. The van der Waals surface area contributed by atoms with Gasteiger partial charge in [-0.3, -0.25) is 14.5 Å². The number of ether oxygens (including phenoxy) is 1. The van der Waals surface area contributed by atoms with E-state index in [9.17, 15) is 27.9 Å². The molecule has 0 saturated carbocycles. The SMILES string of the molecule is Nc1ccc(OC(F)(F)F)cc1C(=O)NCC(=O)NCC1CCN(Cc2ccc(O)cc2)CC1. The molecule has 0 unspecified atom stereocenters. The predicted molar refractivity (Wildman–Crippen MR) is 119 cm³/mol. The topological polar surface area (TPSA) is 117 Å². The number of phenolic OH excluding ortho intramolecular Hbond substituents is 1. The maximum Gasteiger partial charge on any atom is 0.573 e. The highest BCUT2D eigenvalue weighted by atomic mass is 19.4. The number of carbonyl (C=O) groups is 2. The molecule has 184 valence electrons. The molecule has 0 radical (unpaired) electrons. The number of hydrogen-bond donors (Lipinski definition) is 4. The van der Waals surface area contributed by atoms with Gasteiger partial charge in [0, 0.05) is 18.8 Å². The van der Waals surface area contributed by atoms with Crippen LogP contribution in [-0.2, 0) is 11.3 Å². The van der Waals surface area contributed by atoms with Gasteiger partial charge in [-0.25, -0.2) is 0 Å². The summed E-state index contributed by atoms with van der Waals surface area (Å²) in [6.45, 7) is 2.70. The van der Waals surface area contributed by atoms with E-state index in [0.29, 0.717) is 12.5 Å². The Kier molecular flexibility index (Phi) is 8.21. The van der Waals surface area contributed by atoms with Gasteiger partial charge in [0.15, 0.2) is 0 Å².